The van der Waals surface area contributed by atoms with E-state index >= 15 is 0 Å². The Morgan fingerprint density at radius 3 is 2.65 bits per heavy atom. The third-order valence-electron chi connectivity index (χ3n) is 3.76. The van der Waals surface area contributed by atoms with Gasteiger partial charge in [-0.05, 0) is 47.0 Å². The van der Waals surface area contributed by atoms with Gasteiger partial charge in [0.1, 0.15) is 5.60 Å². The Bertz CT molecular complexity index is 337. The molecule has 0 radical (unpaired) electrons. The Morgan fingerprint density at radius 2 is 2.05 bits per heavy atom. The smallest absolute Gasteiger partial charge is 0.407 e. The second-order valence-electron chi connectivity index (χ2n) is 7.17. The van der Waals surface area contributed by atoms with Gasteiger partial charge in [-0.2, -0.15) is 0 Å². The maximum atomic E-state index is 11.6. The molecule has 20 heavy (non-hydrogen) atoms. The topological polar surface area (TPSA) is 53.6 Å². The maximum absolute atomic E-state index is 11.6. The minimum atomic E-state index is -0.437. The molecule has 2 fully saturated rings. The number of rotatable bonds is 5. The highest BCUT2D eigenvalue weighted by Crippen LogP contribution is 2.29. The van der Waals surface area contributed by atoms with Crippen LogP contribution in [0.2, 0.25) is 0 Å². The monoisotopic (exact) mass is 283 g/mol. The summed E-state index contributed by atoms with van der Waals surface area (Å²) in [5, 5.41) is 6.42. The number of ether oxygens (including phenoxy) is 1. The molecule has 2 atom stereocenters. The van der Waals surface area contributed by atoms with Crippen LogP contribution in [0.1, 0.15) is 47.0 Å². The van der Waals surface area contributed by atoms with Crippen LogP contribution < -0.4 is 10.6 Å². The first-order valence-corrected chi connectivity index (χ1v) is 7.80. The number of likely N-dealkylation sites (tertiary alicyclic amines) is 1. The van der Waals surface area contributed by atoms with Crippen molar-refractivity contribution >= 4 is 6.09 Å². The molecule has 2 unspecified atom stereocenters. The fraction of sp³-hybridized carbons (Fsp3) is 0.933. The normalized spacial score (nSPS) is 25.5. The molecule has 5 nitrogen and oxygen atoms in total. The number of nitrogens with one attached hydrogen (secondary N) is 2. The summed E-state index contributed by atoms with van der Waals surface area (Å²) in [7, 11) is 0. The Labute approximate surface area is 122 Å². The van der Waals surface area contributed by atoms with Crippen LogP contribution in [0.25, 0.3) is 0 Å². The molecule has 1 heterocycles. The Kier molecular flexibility index (Phi) is 4.91. The van der Waals surface area contributed by atoms with Gasteiger partial charge in [-0.15, -0.1) is 0 Å². The molecule has 5 heteroatoms. The van der Waals surface area contributed by atoms with Gasteiger partial charge < -0.3 is 15.4 Å². The van der Waals surface area contributed by atoms with Crippen LogP contribution in [0, 0.1) is 0 Å². The Balaban J connectivity index is 1.60. The number of carbonyl (C=O) groups is 1. The summed E-state index contributed by atoms with van der Waals surface area (Å²) in [5.41, 5.74) is -0.437. The fourth-order valence-corrected chi connectivity index (χ4v) is 2.63. The molecule has 2 N–H and O–H groups in total. The van der Waals surface area contributed by atoms with Crippen molar-refractivity contribution in [3.8, 4) is 0 Å². The van der Waals surface area contributed by atoms with Gasteiger partial charge in [0.05, 0.1) is 0 Å². The van der Waals surface area contributed by atoms with E-state index in [9.17, 15) is 4.79 Å². The lowest BCUT2D eigenvalue weighted by atomic mass is 10.2. The third kappa shape index (κ3) is 5.29. The van der Waals surface area contributed by atoms with Crippen molar-refractivity contribution in [1.82, 2.24) is 15.5 Å². The number of carbonyl (C=O) groups excluding carboxylic acids is 1. The molecule has 1 saturated carbocycles. The summed E-state index contributed by atoms with van der Waals surface area (Å²) < 4.78 is 5.25. The number of amides is 1. The minimum Gasteiger partial charge on any atom is -0.444 e. The van der Waals surface area contributed by atoms with Gasteiger partial charge >= 0.3 is 6.09 Å². The van der Waals surface area contributed by atoms with E-state index in [0.717, 1.165) is 19.1 Å². The van der Waals surface area contributed by atoms with Crippen molar-refractivity contribution in [2.75, 3.05) is 19.6 Å². The summed E-state index contributed by atoms with van der Waals surface area (Å²) in [4.78, 5) is 14.2. The number of alkyl carbamates (subject to hydrolysis) is 1. The lowest BCUT2D eigenvalue weighted by molar-refractivity contribution is 0.0507. The van der Waals surface area contributed by atoms with Gasteiger partial charge in [-0.3, -0.25) is 4.90 Å². The van der Waals surface area contributed by atoms with Crippen molar-refractivity contribution in [3.63, 3.8) is 0 Å². The summed E-state index contributed by atoms with van der Waals surface area (Å²) in [6, 6.07) is 1.51. The number of nitrogens with zero attached hydrogens (tertiary/aromatic N) is 1. The van der Waals surface area contributed by atoms with E-state index in [1.54, 1.807) is 0 Å². The van der Waals surface area contributed by atoms with Gasteiger partial charge in [0.25, 0.3) is 0 Å². The van der Waals surface area contributed by atoms with E-state index in [0.29, 0.717) is 6.04 Å². The quantitative estimate of drug-likeness (QED) is 0.807. The van der Waals surface area contributed by atoms with E-state index in [2.05, 4.69) is 15.5 Å². The molecule has 2 rings (SSSR count). The number of hydrogen-bond donors (Lipinski definition) is 2. The zero-order valence-electron chi connectivity index (χ0n) is 13.2. The molecule has 1 aliphatic carbocycles. The third-order valence-corrected chi connectivity index (χ3v) is 3.76. The van der Waals surface area contributed by atoms with Gasteiger partial charge in [0, 0.05) is 37.8 Å². The molecule has 0 aromatic rings. The Hall–Kier alpha value is -0.810. The van der Waals surface area contributed by atoms with Gasteiger partial charge in [-0.25, -0.2) is 4.79 Å². The van der Waals surface area contributed by atoms with Gasteiger partial charge in [0.15, 0.2) is 0 Å². The summed E-state index contributed by atoms with van der Waals surface area (Å²) in [6.07, 6.45) is 3.64. The molecule has 116 valence electrons. The maximum Gasteiger partial charge on any atom is 0.407 e. The van der Waals surface area contributed by atoms with Crippen molar-refractivity contribution in [2.24, 2.45) is 0 Å². The number of hydrogen-bond acceptors (Lipinski definition) is 4. The molecule has 0 aromatic heterocycles. The average molecular weight is 283 g/mol. The highest BCUT2D eigenvalue weighted by molar-refractivity contribution is 5.68. The van der Waals surface area contributed by atoms with Crippen molar-refractivity contribution in [3.05, 3.63) is 0 Å². The second-order valence-corrected chi connectivity index (χ2v) is 7.17. The molecular formula is C15H29N3O2. The minimum absolute atomic E-state index is 0.0832. The van der Waals surface area contributed by atoms with E-state index < -0.39 is 5.60 Å². The van der Waals surface area contributed by atoms with Crippen molar-refractivity contribution in [1.29, 1.82) is 0 Å². The predicted molar refractivity (Wildman–Crippen MR) is 79.8 cm³/mol. The van der Waals surface area contributed by atoms with E-state index in [-0.39, 0.29) is 12.1 Å². The summed E-state index contributed by atoms with van der Waals surface area (Å²) in [6.45, 7) is 10.8. The van der Waals surface area contributed by atoms with E-state index in [1.165, 1.54) is 25.8 Å². The van der Waals surface area contributed by atoms with Crippen LogP contribution in [0.15, 0.2) is 0 Å². The van der Waals surface area contributed by atoms with Crippen LogP contribution in [-0.4, -0.2) is 54.4 Å². The molecule has 1 saturated heterocycles. The summed E-state index contributed by atoms with van der Waals surface area (Å²) in [5.74, 6) is 0. The predicted octanol–water partition coefficient (Wildman–Crippen LogP) is 1.73. The first kappa shape index (κ1) is 15.6. The molecule has 0 bridgehead atoms. The van der Waals surface area contributed by atoms with Crippen molar-refractivity contribution < 1.29 is 9.53 Å². The van der Waals surface area contributed by atoms with Gasteiger partial charge in [0.2, 0.25) is 0 Å². The lowest BCUT2D eigenvalue weighted by Gasteiger charge is -2.23. The SMILES string of the molecule is CC(CNC1CCN(C2CC2)C1)NC(=O)OC(C)(C)C. The van der Waals surface area contributed by atoms with Crippen LogP contribution in [0.5, 0.6) is 0 Å². The largest absolute Gasteiger partial charge is 0.444 e. The Morgan fingerprint density at radius 1 is 1.35 bits per heavy atom. The van der Waals surface area contributed by atoms with Gasteiger partial charge in [-0.1, -0.05) is 0 Å². The molecule has 2 aliphatic rings. The highest BCUT2D eigenvalue weighted by atomic mass is 16.6. The second kappa shape index (κ2) is 6.31. The average Bonchev–Trinajstić information content (AvgIpc) is 3.04. The fourth-order valence-electron chi connectivity index (χ4n) is 2.63. The van der Waals surface area contributed by atoms with E-state index in [1.807, 2.05) is 27.7 Å². The van der Waals surface area contributed by atoms with Crippen LogP contribution in [0.4, 0.5) is 4.79 Å². The zero-order valence-corrected chi connectivity index (χ0v) is 13.2. The first-order valence-electron chi connectivity index (χ1n) is 7.80. The highest BCUT2D eigenvalue weighted by Gasteiger charge is 2.34. The molecule has 1 aliphatic heterocycles. The van der Waals surface area contributed by atoms with Crippen LogP contribution in [-0.2, 0) is 4.74 Å². The molecular weight excluding hydrogens is 254 g/mol. The first-order chi connectivity index (χ1) is 9.33. The molecule has 0 spiro atoms. The molecule has 0 aromatic carbocycles. The van der Waals surface area contributed by atoms with Crippen LogP contribution >= 0.6 is 0 Å². The standard InChI is InChI=1S/C15H29N3O2/c1-11(17-14(19)20-15(2,3)4)9-16-12-7-8-18(10-12)13-5-6-13/h11-13,16H,5-10H2,1-4H3,(H,17,19). The van der Waals surface area contributed by atoms with Crippen molar-refractivity contribution in [2.45, 2.75) is 70.7 Å². The summed E-state index contributed by atoms with van der Waals surface area (Å²) >= 11 is 0. The van der Waals surface area contributed by atoms with E-state index in [4.69, 9.17) is 4.74 Å². The van der Waals surface area contributed by atoms with Crippen LogP contribution in [0.3, 0.4) is 0 Å². The zero-order chi connectivity index (χ0) is 14.8. The molecule has 1 amide bonds. The lowest BCUT2D eigenvalue weighted by Crippen LogP contribution is -2.45.